The van der Waals surface area contributed by atoms with Crippen LogP contribution >= 0.6 is 0 Å². The van der Waals surface area contributed by atoms with E-state index in [9.17, 15) is 4.79 Å². The molecule has 1 saturated heterocycles. The first-order chi connectivity index (χ1) is 12.2. The SMILES string of the molecule is CNC1CCCN(CC(=O)NCc2ccccc2OC2CCCC2)C1. The molecule has 25 heavy (non-hydrogen) atoms. The number of piperidine rings is 1. The van der Waals surface area contributed by atoms with E-state index in [1.807, 2.05) is 31.3 Å². The molecule has 0 spiro atoms. The number of nitrogens with zero attached hydrogens (tertiary/aromatic N) is 1. The van der Waals surface area contributed by atoms with Crippen LogP contribution < -0.4 is 15.4 Å². The summed E-state index contributed by atoms with van der Waals surface area (Å²) in [5, 5.41) is 6.38. The number of ether oxygens (including phenoxy) is 1. The average molecular weight is 345 g/mol. The van der Waals surface area contributed by atoms with Gasteiger partial charge < -0.3 is 15.4 Å². The minimum absolute atomic E-state index is 0.0902. The van der Waals surface area contributed by atoms with Crippen molar-refractivity contribution >= 4 is 5.91 Å². The largest absolute Gasteiger partial charge is 0.490 e. The van der Waals surface area contributed by atoms with E-state index in [1.54, 1.807) is 0 Å². The van der Waals surface area contributed by atoms with Crippen LogP contribution in [0.3, 0.4) is 0 Å². The van der Waals surface area contributed by atoms with Gasteiger partial charge in [-0.15, -0.1) is 0 Å². The number of rotatable bonds is 7. The molecule has 0 bridgehead atoms. The van der Waals surface area contributed by atoms with Crippen molar-refractivity contribution in [1.29, 1.82) is 0 Å². The van der Waals surface area contributed by atoms with Crippen LogP contribution in [0.4, 0.5) is 0 Å². The molecule has 1 unspecified atom stereocenters. The molecule has 1 aliphatic heterocycles. The number of amides is 1. The molecule has 0 radical (unpaired) electrons. The van der Waals surface area contributed by atoms with Gasteiger partial charge in [-0.25, -0.2) is 0 Å². The fourth-order valence-corrected chi connectivity index (χ4v) is 3.84. The Bertz CT molecular complexity index is 558. The van der Waals surface area contributed by atoms with E-state index in [2.05, 4.69) is 15.5 Å². The summed E-state index contributed by atoms with van der Waals surface area (Å²) in [6, 6.07) is 8.57. The van der Waals surface area contributed by atoms with E-state index in [0.717, 1.165) is 43.7 Å². The number of hydrogen-bond acceptors (Lipinski definition) is 4. The lowest BCUT2D eigenvalue weighted by Crippen LogP contribution is -2.47. The Morgan fingerprint density at radius 3 is 2.80 bits per heavy atom. The van der Waals surface area contributed by atoms with Gasteiger partial charge in [-0.1, -0.05) is 18.2 Å². The maximum Gasteiger partial charge on any atom is 0.234 e. The number of carbonyl (C=O) groups is 1. The Balaban J connectivity index is 1.48. The Hall–Kier alpha value is -1.59. The first kappa shape index (κ1) is 18.2. The fourth-order valence-electron chi connectivity index (χ4n) is 3.84. The molecule has 3 rings (SSSR count). The summed E-state index contributed by atoms with van der Waals surface area (Å²) in [6.07, 6.45) is 7.48. The first-order valence-corrected chi connectivity index (χ1v) is 9.65. The molecule has 5 nitrogen and oxygen atoms in total. The van der Waals surface area contributed by atoms with Crippen LogP contribution in [-0.2, 0) is 11.3 Å². The van der Waals surface area contributed by atoms with Gasteiger partial charge in [0.25, 0.3) is 0 Å². The summed E-state index contributed by atoms with van der Waals surface area (Å²) in [5.41, 5.74) is 1.06. The lowest BCUT2D eigenvalue weighted by Gasteiger charge is -2.31. The Morgan fingerprint density at radius 1 is 1.20 bits per heavy atom. The lowest BCUT2D eigenvalue weighted by molar-refractivity contribution is -0.122. The van der Waals surface area contributed by atoms with Crippen LogP contribution in [0.15, 0.2) is 24.3 Å². The second-order valence-corrected chi connectivity index (χ2v) is 7.27. The first-order valence-electron chi connectivity index (χ1n) is 9.65. The van der Waals surface area contributed by atoms with Crippen molar-refractivity contribution < 1.29 is 9.53 Å². The highest BCUT2D eigenvalue weighted by Crippen LogP contribution is 2.26. The summed E-state index contributed by atoms with van der Waals surface area (Å²) >= 11 is 0. The van der Waals surface area contributed by atoms with E-state index in [-0.39, 0.29) is 5.91 Å². The monoisotopic (exact) mass is 345 g/mol. The third kappa shape index (κ3) is 5.44. The molecule has 0 aromatic heterocycles. The van der Waals surface area contributed by atoms with Crippen LogP contribution in [0.5, 0.6) is 5.75 Å². The van der Waals surface area contributed by atoms with Crippen molar-refractivity contribution in [2.24, 2.45) is 0 Å². The van der Waals surface area contributed by atoms with Crippen molar-refractivity contribution in [2.45, 2.75) is 57.2 Å². The third-order valence-electron chi connectivity index (χ3n) is 5.33. The van der Waals surface area contributed by atoms with Gasteiger partial charge in [0, 0.05) is 24.7 Å². The van der Waals surface area contributed by atoms with Gasteiger partial charge in [0.15, 0.2) is 0 Å². The molecule has 5 heteroatoms. The summed E-state index contributed by atoms with van der Waals surface area (Å²) in [7, 11) is 2.00. The maximum absolute atomic E-state index is 12.3. The maximum atomic E-state index is 12.3. The quantitative estimate of drug-likeness (QED) is 0.796. The lowest BCUT2D eigenvalue weighted by atomic mass is 10.1. The molecular formula is C20H31N3O2. The third-order valence-corrected chi connectivity index (χ3v) is 5.33. The highest BCUT2D eigenvalue weighted by atomic mass is 16.5. The zero-order valence-corrected chi connectivity index (χ0v) is 15.3. The average Bonchev–Trinajstić information content (AvgIpc) is 3.14. The zero-order valence-electron chi connectivity index (χ0n) is 15.3. The number of likely N-dealkylation sites (N-methyl/N-ethyl adjacent to an activating group) is 1. The van der Waals surface area contributed by atoms with Gasteiger partial charge in [0.1, 0.15) is 5.75 Å². The number of carbonyl (C=O) groups excluding carboxylic acids is 1. The number of hydrogen-bond donors (Lipinski definition) is 2. The van der Waals surface area contributed by atoms with E-state index < -0.39 is 0 Å². The van der Waals surface area contributed by atoms with Crippen LogP contribution in [0, 0.1) is 0 Å². The van der Waals surface area contributed by atoms with E-state index >= 15 is 0 Å². The second-order valence-electron chi connectivity index (χ2n) is 7.27. The second kappa shape index (κ2) is 9.20. The minimum Gasteiger partial charge on any atom is -0.490 e. The molecule has 138 valence electrons. The Labute approximate surface area is 151 Å². The molecular weight excluding hydrogens is 314 g/mol. The molecule has 1 heterocycles. The molecule has 1 amide bonds. The highest BCUT2D eigenvalue weighted by Gasteiger charge is 2.21. The summed E-state index contributed by atoms with van der Waals surface area (Å²) in [6.45, 7) is 2.97. The van der Waals surface area contributed by atoms with E-state index in [4.69, 9.17) is 4.74 Å². The predicted molar refractivity (Wildman–Crippen MR) is 99.7 cm³/mol. The predicted octanol–water partition coefficient (Wildman–Crippen LogP) is 2.31. The molecule has 1 saturated carbocycles. The molecule has 1 aromatic rings. The van der Waals surface area contributed by atoms with Crippen LogP contribution in [0.2, 0.25) is 0 Å². The summed E-state index contributed by atoms with van der Waals surface area (Å²) < 4.78 is 6.15. The van der Waals surface area contributed by atoms with Crippen molar-refractivity contribution in [3.8, 4) is 5.75 Å². The van der Waals surface area contributed by atoms with Crippen LogP contribution in [0.25, 0.3) is 0 Å². The molecule has 2 fully saturated rings. The number of benzene rings is 1. The number of likely N-dealkylation sites (tertiary alicyclic amines) is 1. The van der Waals surface area contributed by atoms with Gasteiger partial charge in [-0.3, -0.25) is 9.69 Å². The summed E-state index contributed by atoms with van der Waals surface area (Å²) in [4.78, 5) is 14.6. The van der Waals surface area contributed by atoms with E-state index in [1.165, 1.54) is 19.3 Å². The molecule has 2 aliphatic rings. The topological polar surface area (TPSA) is 53.6 Å². The molecule has 1 aliphatic carbocycles. The minimum atomic E-state index is 0.0902. The molecule has 1 aromatic carbocycles. The fraction of sp³-hybridized carbons (Fsp3) is 0.650. The smallest absolute Gasteiger partial charge is 0.234 e. The van der Waals surface area contributed by atoms with Gasteiger partial charge in [0.05, 0.1) is 12.6 Å². The number of nitrogens with one attached hydrogen (secondary N) is 2. The van der Waals surface area contributed by atoms with Crippen LogP contribution in [-0.4, -0.2) is 49.6 Å². The highest BCUT2D eigenvalue weighted by molar-refractivity contribution is 5.78. The van der Waals surface area contributed by atoms with E-state index in [0.29, 0.717) is 25.2 Å². The van der Waals surface area contributed by atoms with Crippen LogP contribution in [0.1, 0.15) is 44.1 Å². The summed E-state index contributed by atoms with van der Waals surface area (Å²) in [5.74, 6) is 1.01. The Morgan fingerprint density at radius 2 is 2.00 bits per heavy atom. The van der Waals surface area contributed by atoms with Crippen molar-refractivity contribution in [2.75, 3.05) is 26.7 Å². The molecule has 1 atom stereocenters. The van der Waals surface area contributed by atoms with Gasteiger partial charge in [-0.05, 0) is 58.2 Å². The van der Waals surface area contributed by atoms with Crippen molar-refractivity contribution in [3.63, 3.8) is 0 Å². The number of para-hydroxylation sites is 1. The van der Waals surface area contributed by atoms with Gasteiger partial charge in [0.2, 0.25) is 5.91 Å². The van der Waals surface area contributed by atoms with Crippen molar-refractivity contribution in [1.82, 2.24) is 15.5 Å². The normalized spacial score (nSPS) is 22.0. The standard InChI is InChI=1S/C20H31N3O2/c1-21-17-8-6-12-23(14-17)15-20(24)22-13-16-7-2-5-11-19(16)25-18-9-3-4-10-18/h2,5,7,11,17-18,21H,3-4,6,8-10,12-15H2,1H3,(H,22,24). The zero-order chi connectivity index (χ0) is 17.5. The van der Waals surface area contributed by atoms with Gasteiger partial charge in [-0.2, -0.15) is 0 Å². The van der Waals surface area contributed by atoms with Crippen molar-refractivity contribution in [3.05, 3.63) is 29.8 Å². The van der Waals surface area contributed by atoms with Gasteiger partial charge >= 0.3 is 0 Å². The molecule has 2 N–H and O–H groups in total. The Kier molecular flexibility index (Phi) is 6.70.